The van der Waals surface area contributed by atoms with Gasteiger partial charge in [-0.1, -0.05) is 44.0 Å². The molecule has 1 amide bonds. The number of amides is 1. The second-order valence-corrected chi connectivity index (χ2v) is 9.76. The highest BCUT2D eigenvalue weighted by Crippen LogP contribution is 2.40. The van der Waals surface area contributed by atoms with Gasteiger partial charge < -0.3 is 15.4 Å². The highest BCUT2D eigenvalue weighted by Gasteiger charge is 2.34. The Balaban J connectivity index is 1.27. The summed E-state index contributed by atoms with van der Waals surface area (Å²) in [5.74, 6) is 1.98. The van der Waals surface area contributed by atoms with Crippen molar-refractivity contribution in [2.24, 2.45) is 5.92 Å². The highest BCUT2D eigenvalue weighted by atomic mass is 16.6. The van der Waals surface area contributed by atoms with Crippen LogP contribution in [0.3, 0.4) is 0 Å². The molecule has 3 aliphatic rings. The van der Waals surface area contributed by atoms with Gasteiger partial charge in [0.15, 0.2) is 0 Å². The maximum atomic E-state index is 12.2. The van der Waals surface area contributed by atoms with Crippen molar-refractivity contribution in [2.45, 2.75) is 57.7 Å². The molecule has 0 radical (unpaired) electrons. The first-order valence-corrected chi connectivity index (χ1v) is 12.7. The van der Waals surface area contributed by atoms with E-state index in [1.165, 1.54) is 30.4 Å². The van der Waals surface area contributed by atoms with Gasteiger partial charge in [0.25, 0.3) is 0 Å². The molecule has 3 atom stereocenters. The number of benzene rings is 1. The molecule has 0 spiro atoms. The first kappa shape index (κ1) is 23.1. The Morgan fingerprint density at radius 2 is 1.88 bits per heavy atom. The standard InChI is InChI=1S/C26H36N6O2/c1-3-22-17-34-26(33)32(22)24-10-11-28-25(30-24)29-18(2)20-6-8-21(9-7-20)23(16-19-4-5-19)31-14-12-27-13-15-31/h6-11,18-19,22-23,27H,3-5,12-17H2,1-2H3,(H,28,29,30)/t18-,22-,23?/m0/s1. The molecule has 1 aromatic heterocycles. The van der Waals surface area contributed by atoms with Crippen molar-refractivity contribution in [3.63, 3.8) is 0 Å². The number of nitrogens with one attached hydrogen (secondary N) is 2. The van der Waals surface area contributed by atoms with Crippen LogP contribution in [-0.2, 0) is 4.74 Å². The Bertz CT molecular complexity index is 974. The van der Waals surface area contributed by atoms with E-state index >= 15 is 0 Å². The Morgan fingerprint density at radius 3 is 2.59 bits per heavy atom. The molecule has 2 N–H and O–H groups in total. The SMILES string of the molecule is CC[C@H]1COC(=O)N1c1ccnc(N[C@@H](C)c2ccc(C(CC3CC3)N3CCNCC3)cc2)n1. The molecular formula is C26H36N6O2. The average Bonchev–Trinajstić information content (AvgIpc) is 3.62. The molecule has 0 bridgehead atoms. The lowest BCUT2D eigenvalue weighted by molar-refractivity contribution is 0.160. The van der Waals surface area contributed by atoms with Crippen LogP contribution in [0.1, 0.15) is 62.7 Å². The maximum Gasteiger partial charge on any atom is 0.415 e. The highest BCUT2D eigenvalue weighted by molar-refractivity contribution is 5.89. The van der Waals surface area contributed by atoms with Crippen LogP contribution in [0.5, 0.6) is 0 Å². The molecule has 34 heavy (non-hydrogen) atoms. The Hall–Kier alpha value is -2.71. The molecule has 1 aromatic carbocycles. The molecule has 2 aliphatic heterocycles. The summed E-state index contributed by atoms with van der Waals surface area (Å²) in [4.78, 5) is 25.5. The van der Waals surface area contributed by atoms with Crippen LogP contribution in [-0.4, -0.2) is 59.8 Å². The van der Waals surface area contributed by atoms with Crippen LogP contribution >= 0.6 is 0 Å². The molecule has 2 aromatic rings. The van der Waals surface area contributed by atoms with E-state index in [0.29, 0.717) is 24.4 Å². The van der Waals surface area contributed by atoms with E-state index in [4.69, 9.17) is 4.74 Å². The van der Waals surface area contributed by atoms with E-state index in [1.807, 2.05) is 6.92 Å². The van der Waals surface area contributed by atoms with Gasteiger partial charge in [0.05, 0.1) is 12.1 Å². The fourth-order valence-corrected chi connectivity index (χ4v) is 5.04. The van der Waals surface area contributed by atoms with E-state index in [1.54, 1.807) is 17.2 Å². The minimum Gasteiger partial charge on any atom is -0.447 e. The van der Waals surface area contributed by atoms with Crippen molar-refractivity contribution in [3.8, 4) is 0 Å². The number of hydrogen-bond donors (Lipinski definition) is 2. The number of cyclic esters (lactones) is 1. The van der Waals surface area contributed by atoms with Crippen LogP contribution < -0.4 is 15.5 Å². The van der Waals surface area contributed by atoms with Crippen LogP contribution in [0.25, 0.3) is 0 Å². The molecule has 1 unspecified atom stereocenters. The number of hydrogen-bond acceptors (Lipinski definition) is 7. The smallest absolute Gasteiger partial charge is 0.415 e. The molecule has 8 nitrogen and oxygen atoms in total. The third-order valence-electron chi connectivity index (χ3n) is 7.33. The van der Waals surface area contributed by atoms with E-state index in [0.717, 1.165) is 38.5 Å². The summed E-state index contributed by atoms with van der Waals surface area (Å²) in [6.45, 7) is 8.95. The lowest BCUT2D eigenvalue weighted by Gasteiger charge is -2.35. The third kappa shape index (κ3) is 5.18. The first-order valence-electron chi connectivity index (χ1n) is 12.7. The number of piperazine rings is 1. The van der Waals surface area contributed by atoms with E-state index in [9.17, 15) is 4.79 Å². The van der Waals surface area contributed by atoms with Crippen molar-refractivity contribution < 1.29 is 9.53 Å². The predicted octanol–water partition coefficient (Wildman–Crippen LogP) is 4.13. The van der Waals surface area contributed by atoms with E-state index in [2.05, 4.69) is 56.7 Å². The predicted molar refractivity (Wildman–Crippen MR) is 133 cm³/mol. The summed E-state index contributed by atoms with van der Waals surface area (Å²) in [6.07, 6.45) is 6.20. The zero-order chi connectivity index (χ0) is 23.5. The van der Waals surface area contributed by atoms with Gasteiger partial charge in [0, 0.05) is 38.4 Å². The Kier molecular flexibility index (Phi) is 6.97. The number of carbonyl (C=O) groups excluding carboxylic acids is 1. The van der Waals surface area contributed by atoms with Crippen LogP contribution in [0.4, 0.5) is 16.6 Å². The van der Waals surface area contributed by atoms with Crippen molar-refractivity contribution in [1.29, 1.82) is 0 Å². The maximum absolute atomic E-state index is 12.2. The summed E-state index contributed by atoms with van der Waals surface area (Å²) in [6, 6.07) is 11.4. The number of anilines is 2. The molecule has 1 saturated carbocycles. The second kappa shape index (κ2) is 10.3. The molecule has 3 heterocycles. The van der Waals surface area contributed by atoms with Crippen molar-refractivity contribution >= 4 is 17.9 Å². The number of aromatic nitrogens is 2. The lowest BCUT2D eigenvalue weighted by Crippen LogP contribution is -2.45. The zero-order valence-corrected chi connectivity index (χ0v) is 20.2. The third-order valence-corrected chi connectivity index (χ3v) is 7.33. The number of nitrogens with zero attached hydrogens (tertiary/aromatic N) is 4. The van der Waals surface area contributed by atoms with Crippen LogP contribution in [0, 0.1) is 5.92 Å². The quantitative estimate of drug-likeness (QED) is 0.577. The summed E-state index contributed by atoms with van der Waals surface area (Å²) in [5.41, 5.74) is 2.61. The Morgan fingerprint density at radius 1 is 1.15 bits per heavy atom. The van der Waals surface area contributed by atoms with Gasteiger partial charge in [-0.2, -0.15) is 4.98 Å². The van der Waals surface area contributed by atoms with Gasteiger partial charge >= 0.3 is 6.09 Å². The number of rotatable bonds is 9. The summed E-state index contributed by atoms with van der Waals surface area (Å²) in [7, 11) is 0. The fraction of sp³-hybridized carbons (Fsp3) is 0.577. The van der Waals surface area contributed by atoms with Crippen LogP contribution in [0.15, 0.2) is 36.5 Å². The van der Waals surface area contributed by atoms with Crippen molar-refractivity contribution in [1.82, 2.24) is 20.2 Å². The van der Waals surface area contributed by atoms with Gasteiger partial charge in [-0.05, 0) is 42.9 Å². The topological polar surface area (TPSA) is 82.6 Å². The van der Waals surface area contributed by atoms with Crippen LogP contribution in [0.2, 0.25) is 0 Å². The Labute approximate surface area is 202 Å². The van der Waals surface area contributed by atoms with E-state index < -0.39 is 0 Å². The largest absolute Gasteiger partial charge is 0.447 e. The normalized spacial score (nSPS) is 22.9. The minimum atomic E-state index is -0.342. The molecular weight excluding hydrogens is 428 g/mol. The van der Waals surface area contributed by atoms with Gasteiger partial charge in [0.2, 0.25) is 5.95 Å². The second-order valence-electron chi connectivity index (χ2n) is 9.76. The van der Waals surface area contributed by atoms with Gasteiger partial charge in [-0.25, -0.2) is 9.78 Å². The fourth-order valence-electron chi connectivity index (χ4n) is 5.04. The summed E-state index contributed by atoms with van der Waals surface area (Å²) >= 11 is 0. The number of carbonyl (C=O) groups is 1. The molecule has 2 saturated heterocycles. The average molecular weight is 465 g/mol. The molecule has 182 valence electrons. The minimum absolute atomic E-state index is 0.0134. The summed E-state index contributed by atoms with van der Waals surface area (Å²) < 4.78 is 5.21. The monoisotopic (exact) mass is 464 g/mol. The molecule has 1 aliphatic carbocycles. The van der Waals surface area contributed by atoms with Crippen molar-refractivity contribution in [2.75, 3.05) is 43.0 Å². The van der Waals surface area contributed by atoms with Crippen molar-refractivity contribution in [3.05, 3.63) is 47.7 Å². The summed E-state index contributed by atoms with van der Waals surface area (Å²) in [5, 5.41) is 6.88. The van der Waals surface area contributed by atoms with E-state index in [-0.39, 0.29) is 18.2 Å². The first-order chi connectivity index (χ1) is 16.6. The lowest BCUT2D eigenvalue weighted by atomic mass is 9.96. The molecule has 8 heteroatoms. The molecule has 5 rings (SSSR count). The molecule has 3 fully saturated rings. The zero-order valence-electron chi connectivity index (χ0n) is 20.2. The van der Waals surface area contributed by atoms with Gasteiger partial charge in [-0.15, -0.1) is 0 Å². The van der Waals surface area contributed by atoms with Gasteiger partial charge in [-0.3, -0.25) is 9.80 Å². The number of ether oxygens (including phenoxy) is 1. The van der Waals surface area contributed by atoms with Gasteiger partial charge in [0.1, 0.15) is 12.4 Å².